The number of sulfonamides is 1. The van der Waals surface area contributed by atoms with Crippen LogP contribution in [0.4, 0.5) is 5.69 Å². The van der Waals surface area contributed by atoms with Gasteiger partial charge in [0.05, 0.1) is 24.8 Å². The topological polar surface area (TPSA) is 105 Å². The second kappa shape index (κ2) is 16.3. The highest BCUT2D eigenvalue weighted by Crippen LogP contribution is 2.36. The minimum Gasteiger partial charge on any atom is -0.497 e. The molecule has 0 saturated carbocycles. The number of anilines is 1. The number of rotatable bonds is 15. The van der Waals surface area contributed by atoms with E-state index in [1.807, 2.05) is 44.2 Å². The Hall–Kier alpha value is -4.54. The Balaban J connectivity index is 1.87. The van der Waals surface area contributed by atoms with E-state index < -0.39 is 28.5 Å². The van der Waals surface area contributed by atoms with E-state index >= 15 is 0 Å². The first-order chi connectivity index (χ1) is 22.6. The molecule has 248 valence electrons. The molecule has 0 radical (unpaired) electrons. The summed E-state index contributed by atoms with van der Waals surface area (Å²) in [6.45, 7) is 3.16. The summed E-state index contributed by atoms with van der Waals surface area (Å²) in [5, 5.41) is 3.44. The van der Waals surface area contributed by atoms with Crippen LogP contribution in [0.15, 0.2) is 108 Å². The third-order valence-corrected chi connectivity index (χ3v) is 9.98. The summed E-state index contributed by atoms with van der Waals surface area (Å²) in [6, 6.07) is 27.8. The SMILES string of the molecule is CC[C@H](C)NC(=O)[C@H](Cc1ccccc1)N(Cc1ccccc1Cl)C(=O)CN(c1cc(OC)ccc1OC)S(=O)(=O)c1ccccc1. The summed E-state index contributed by atoms with van der Waals surface area (Å²) in [5.74, 6) is -0.398. The number of ether oxygens (including phenoxy) is 2. The summed E-state index contributed by atoms with van der Waals surface area (Å²) < 4.78 is 40.6. The van der Waals surface area contributed by atoms with Gasteiger partial charge < -0.3 is 19.7 Å². The molecule has 0 aliphatic carbocycles. The van der Waals surface area contributed by atoms with Crippen LogP contribution < -0.4 is 19.1 Å². The molecule has 2 atom stereocenters. The maximum Gasteiger partial charge on any atom is 0.264 e. The molecule has 4 rings (SSSR count). The lowest BCUT2D eigenvalue weighted by atomic mass is 10.0. The number of hydrogen-bond acceptors (Lipinski definition) is 6. The average molecular weight is 678 g/mol. The fraction of sp³-hybridized carbons (Fsp3) is 0.278. The lowest BCUT2D eigenvalue weighted by molar-refractivity contribution is -0.140. The zero-order valence-electron chi connectivity index (χ0n) is 26.9. The average Bonchev–Trinajstić information content (AvgIpc) is 3.09. The van der Waals surface area contributed by atoms with Crippen LogP contribution in [-0.4, -0.2) is 58.0 Å². The number of halogens is 1. The van der Waals surface area contributed by atoms with Crippen LogP contribution in [0.3, 0.4) is 0 Å². The molecular formula is C36H40ClN3O6S. The maximum atomic E-state index is 14.7. The van der Waals surface area contributed by atoms with E-state index in [-0.39, 0.29) is 41.2 Å². The van der Waals surface area contributed by atoms with Gasteiger partial charge in [0, 0.05) is 30.1 Å². The van der Waals surface area contributed by atoms with Gasteiger partial charge in [-0.15, -0.1) is 0 Å². The van der Waals surface area contributed by atoms with Crippen LogP contribution >= 0.6 is 11.6 Å². The van der Waals surface area contributed by atoms with Crippen LogP contribution in [0.5, 0.6) is 11.5 Å². The van der Waals surface area contributed by atoms with Crippen molar-refractivity contribution in [2.24, 2.45) is 0 Å². The quantitative estimate of drug-likeness (QED) is 0.163. The number of carbonyl (C=O) groups is 2. The summed E-state index contributed by atoms with van der Waals surface area (Å²) in [7, 11) is -1.45. The number of benzene rings is 4. The summed E-state index contributed by atoms with van der Waals surface area (Å²) >= 11 is 6.58. The molecular weight excluding hydrogens is 638 g/mol. The predicted molar refractivity (Wildman–Crippen MR) is 184 cm³/mol. The van der Waals surface area contributed by atoms with Gasteiger partial charge in [0.25, 0.3) is 10.0 Å². The van der Waals surface area contributed by atoms with E-state index in [0.29, 0.717) is 22.8 Å². The zero-order chi connectivity index (χ0) is 34.0. The minimum absolute atomic E-state index is 0.0225. The Labute approximate surface area is 282 Å². The van der Waals surface area contributed by atoms with Gasteiger partial charge in [0.1, 0.15) is 24.1 Å². The first kappa shape index (κ1) is 35.3. The second-order valence-electron chi connectivity index (χ2n) is 11.0. The van der Waals surface area contributed by atoms with Crippen molar-refractivity contribution in [1.82, 2.24) is 10.2 Å². The Morgan fingerprint density at radius 3 is 2.13 bits per heavy atom. The van der Waals surface area contributed by atoms with Crippen molar-refractivity contribution in [1.29, 1.82) is 0 Å². The van der Waals surface area contributed by atoms with Crippen molar-refractivity contribution in [3.8, 4) is 11.5 Å². The van der Waals surface area contributed by atoms with Gasteiger partial charge in [-0.3, -0.25) is 13.9 Å². The van der Waals surface area contributed by atoms with Crippen molar-refractivity contribution in [2.45, 2.75) is 50.2 Å². The molecule has 11 heteroatoms. The number of nitrogens with zero attached hydrogens (tertiary/aromatic N) is 2. The summed E-state index contributed by atoms with van der Waals surface area (Å²) in [6.07, 6.45) is 0.869. The summed E-state index contributed by atoms with van der Waals surface area (Å²) in [5.41, 5.74) is 1.54. The molecule has 2 amide bonds. The van der Waals surface area contributed by atoms with E-state index in [1.54, 1.807) is 54.6 Å². The molecule has 0 fully saturated rings. The fourth-order valence-electron chi connectivity index (χ4n) is 5.03. The molecule has 0 aliphatic rings. The number of hydrogen-bond donors (Lipinski definition) is 1. The van der Waals surface area contributed by atoms with Gasteiger partial charge in [-0.05, 0) is 54.8 Å². The first-order valence-electron chi connectivity index (χ1n) is 15.3. The van der Waals surface area contributed by atoms with E-state index in [2.05, 4.69) is 5.32 Å². The van der Waals surface area contributed by atoms with Crippen LogP contribution in [-0.2, 0) is 32.6 Å². The molecule has 4 aromatic rings. The molecule has 47 heavy (non-hydrogen) atoms. The Morgan fingerprint density at radius 2 is 1.51 bits per heavy atom. The monoisotopic (exact) mass is 677 g/mol. The standard InChI is InChI=1S/C36H40ClN3O6S/c1-5-26(2)38-36(42)33(22-27-14-8-6-9-15-27)39(24-28-16-12-13-19-31(28)37)35(41)25-40(47(43,44)30-17-10-7-11-18-30)32-23-29(45-3)20-21-34(32)46-4/h6-21,23,26,33H,5,22,24-25H2,1-4H3,(H,38,42)/t26-,33-/m0/s1. The second-order valence-corrected chi connectivity index (χ2v) is 13.3. The van der Waals surface area contributed by atoms with E-state index in [4.69, 9.17) is 21.1 Å². The smallest absolute Gasteiger partial charge is 0.264 e. The van der Waals surface area contributed by atoms with E-state index in [9.17, 15) is 18.0 Å². The van der Waals surface area contributed by atoms with Gasteiger partial charge in [-0.1, -0.05) is 85.3 Å². The van der Waals surface area contributed by atoms with Crippen molar-refractivity contribution in [3.05, 3.63) is 119 Å². The van der Waals surface area contributed by atoms with Crippen LogP contribution in [0.1, 0.15) is 31.4 Å². The van der Waals surface area contributed by atoms with Gasteiger partial charge >= 0.3 is 0 Å². The molecule has 0 bridgehead atoms. The predicted octanol–water partition coefficient (Wildman–Crippen LogP) is 6.11. The van der Waals surface area contributed by atoms with E-state index in [1.165, 1.54) is 37.3 Å². The minimum atomic E-state index is -4.33. The van der Waals surface area contributed by atoms with Crippen molar-refractivity contribution in [3.63, 3.8) is 0 Å². The number of nitrogens with one attached hydrogen (secondary N) is 1. The maximum absolute atomic E-state index is 14.7. The van der Waals surface area contributed by atoms with Crippen LogP contribution in [0, 0.1) is 0 Å². The third-order valence-electron chi connectivity index (χ3n) is 7.84. The Kier molecular flexibility index (Phi) is 12.3. The molecule has 0 saturated heterocycles. The van der Waals surface area contributed by atoms with Gasteiger partial charge in [0.2, 0.25) is 11.8 Å². The number of amides is 2. The highest BCUT2D eigenvalue weighted by Gasteiger charge is 2.36. The van der Waals surface area contributed by atoms with Crippen molar-refractivity contribution < 1.29 is 27.5 Å². The molecule has 0 aromatic heterocycles. The van der Waals surface area contributed by atoms with Crippen molar-refractivity contribution >= 4 is 39.1 Å². The molecule has 4 aromatic carbocycles. The lowest BCUT2D eigenvalue weighted by Gasteiger charge is -2.34. The summed E-state index contributed by atoms with van der Waals surface area (Å²) in [4.78, 5) is 30.1. The molecule has 0 spiro atoms. The molecule has 9 nitrogen and oxygen atoms in total. The number of carbonyl (C=O) groups excluding carboxylic acids is 2. The largest absolute Gasteiger partial charge is 0.497 e. The molecule has 0 aliphatic heterocycles. The lowest BCUT2D eigenvalue weighted by Crippen LogP contribution is -2.54. The van der Waals surface area contributed by atoms with E-state index in [0.717, 1.165) is 9.87 Å². The van der Waals surface area contributed by atoms with Gasteiger partial charge in [-0.25, -0.2) is 8.42 Å². The first-order valence-corrected chi connectivity index (χ1v) is 17.1. The molecule has 0 heterocycles. The fourth-order valence-corrected chi connectivity index (χ4v) is 6.66. The van der Waals surface area contributed by atoms with Gasteiger partial charge in [-0.2, -0.15) is 0 Å². The number of methoxy groups -OCH3 is 2. The normalized spacial score (nSPS) is 12.4. The Morgan fingerprint density at radius 1 is 0.872 bits per heavy atom. The molecule has 1 N–H and O–H groups in total. The van der Waals surface area contributed by atoms with Gasteiger partial charge in [0.15, 0.2) is 0 Å². The van der Waals surface area contributed by atoms with Crippen LogP contribution in [0.2, 0.25) is 5.02 Å². The Bertz CT molecular complexity index is 1760. The molecule has 0 unspecified atom stereocenters. The highest BCUT2D eigenvalue weighted by atomic mass is 35.5. The van der Waals surface area contributed by atoms with Crippen molar-refractivity contribution in [2.75, 3.05) is 25.1 Å². The highest BCUT2D eigenvalue weighted by molar-refractivity contribution is 7.92. The zero-order valence-corrected chi connectivity index (χ0v) is 28.5. The third kappa shape index (κ3) is 8.84. The van der Waals surface area contributed by atoms with Crippen LogP contribution in [0.25, 0.3) is 0 Å².